The van der Waals surface area contributed by atoms with Gasteiger partial charge in [-0.2, -0.15) is 0 Å². The second-order valence-corrected chi connectivity index (χ2v) is 27.4. The zero-order chi connectivity index (χ0) is 54.8. The van der Waals surface area contributed by atoms with Crippen molar-refractivity contribution in [2.24, 2.45) is 0 Å². The van der Waals surface area contributed by atoms with E-state index < -0.39 is 5.41 Å². The summed E-state index contributed by atoms with van der Waals surface area (Å²) in [7, 11) is 0. The van der Waals surface area contributed by atoms with Crippen molar-refractivity contribution in [3.63, 3.8) is 0 Å². The Morgan fingerprint density at radius 2 is 0.975 bits per heavy atom. The minimum Gasteiger partial charge on any atom is -0.311 e. The number of hydrogen-bond acceptors (Lipinski definition) is 3. The first-order chi connectivity index (χ1) is 37.8. The van der Waals surface area contributed by atoms with E-state index in [2.05, 4.69) is 276 Å². The third-order valence-electron chi connectivity index (χ3n) is 18.3. The Bertz CT molecular complexity index is 4080. The molecular formula is C75H71BN2S. The summed E-state index contributed by atoms with van der Waals surface area (Å²) in [5, 5.41) is 1.31. The van der Waals surface area contributed by atoms with E-state index in [1.807, 2.05) is 11.3 Å². The van der Waals surface area contributed by atoms with E-state index in [1.54, 1.807) is 0 Å². The van der Waals surface area contributed by atoms with Crippen LogP contribution in [0.4, 0.5) is 34.1 Å². The van der Waals surface area contributed by atoms with Gasteiger partial charge in [0.2, 0.25) is 0 Å². The molecule has 10 aromatic rings. The van der Waals surface area contributed by atoms with E-state index in [-0.39, 0.29) is 17.5 Å². The molecule has 3 heterocycles. The summed E-state index contributed by atoms with van der Waals surface area (Å²) in [4.78, 5) is 5.28. The van der Waals surface area contributed by atoms with E-state index in [4.69, 9.17) is 0 Å². The quantitative estimate of drug-likeness (QED) is 0.153. The molecule has 0 radical (unpaired) electrons. The van der Waals surface area contributed by atoms with Gasteiger partial charge in [-0.25, -0.2) is 0 Å². The summed E-state index contributed by atoms with van der Waals surface area (Å²) >= 11 is 2.02. The number of hydrogen-bond donors (Lipinski definition) is 0. The maximum Gasteiger partial charge on any atom is 0.264 e. The van der Waals surface area contributed by atoms with E-state index in [0.29, 0.717) is 17.8 Å². The van der Waals surface area contributed by atoms with Crippen molar-refractivity contribution in [3.8, 4) is 33.4 Å². The van der Waals surface area contributed by atoms with Crippen LogP contribution in [-0.4, -0.2) is 6.71 Å². The maximum atomic E-state index is 2.66. The monoisotopic (exact) mass is 1040 g/mol. The average molecular weight is 1040 g/mol. The zero-order valence-electron chi connectivity index (χ0n) is 48.4. The smallest absolute Gasteiger partial charge is 0.264 e. The van der Waals surface area contributed by atoms with Crippen LogP contribution in [0.3, 0.4) is 0 Å². The zero-order valence-corrected chi connectivity index (χ0v) is 49.2. The van der Waals surface area contributed by atoms with Crippen LogP contribution in [0, 0.1) is 6.92 Å². The minimum absolute atomic E-state index is 0.0167. The average Bonchev–Trinajstić information content (AvgIpc) is 2.18. The molecule has 9 aromatic carbocycles. The summed E-state index contributed by atoms with van der Waals surface area (Å²) < 4.78 is 2.73. The van der Waals surface area contributed by atoms with Crippen molar-refractivity contribution in [1.82, 2.24) is 0 Å². The lowest BCUT2D eigenvalue weighted by molar-refractivity contribution is 0.572. The molecule has 2 nitrogen and oxygen atoms in total. The molecule has 2 aliphatic heterocycles. The first kappa shape index (κ1) is 49.9. The number of anilines is 6. The number of rotatable bonds is 6. The molecule has 2 aliphatic carbocycles. The lowest BCUT2D eigenvalue weighted by Gasteiger charge is -2.43. The highest BCUT2D eigenvalue weighted by Gasteiger charge is 2.53. The van der Waals surface area contributed by atoms with Crippen molar-refractivity contribution in [1.29, 1.82) is 0 Å². The van der Waals surface area contributed by atoms with E-state index in [9.17, 15) is 0 Å². The molecule has 0 unspecified atom stereocenters. The fraction of sp³-hybridized carbons (Fsp3) is 0.253. The highest BCUT2D eigenvalue weighted by Crippen LogP contribution is 2.64. The van der Waals surface area contributed by atoms with Gasteiger partial charge in [0.25, 0.3) is 6.71 Å². The van der Waals surface area contributed by atoms with Gasteiger partial charge in [-0.15, -0.1) is 11.3 Å². The SMILES string of the molecule is Cc1cc2c3c(c1)N(c1ccc(C(C)C)cc1)c1c(sc4cc5c(cc14)-c1ccc(C(C)C)cc1C51c4ccccc4-c4ccccc41)B3c1ccc(-c3c(C(C)(C)C)cccc3C(C)(C)C)cc1N2c1ccc(C(C)C)cc1. The standard InChI is InChI=1S/C75H71BN2S/c1-43(2)47-25-31-51(32-26-47)77-65-40-50(69-60(73(8,9)10)23-18-24-61(69)74(11,12)13)30-36-64(65)76-70-66(77)37-46(7)38-67(70)78(52-33-27-48(28-34-52)44(3)4)71-57-41-56-55-35-29-49(45(5)6)39-62(55)75(63(56)42-68(57)79-72(71)76)58-21-16-14-19-53(58)54-20-15-17-22-59(54)75/h14-45H,1-13H3. The number of fused-ring (bicyclic) bond motifs is 16. The second kappa shape index (κ2) is 17.6. The fourth-order valence-electron chi connectivity index (χ4n) is 14.5. The van der Waals surface area contributed by atoms with E-state index in [1.165, 1.54) is 149 Å². The van der Waals surface area contributed by atoms with Crippen molar-refractivity contribution in [3.05, 3.63) is 232 Å². The maximum absolute atomic E-state index is 2.66. The summed E-state index contributed by atoms with van der Waals surface area (Å²) in [6.45, 7) is 30.4. The molecule has 1 spiro atoms. The van der Waals surface area contributed by atoms with Crippen molar-refractivity contribution in [2.75, 3.05) is 9.80 Å². The van der Waals surface area contributed by atoms with Crippen LogP contribution in [-0.2, 0) is 16.2 Å². The molecule has 79 heavy (non-hydrogen) atoms. The first-order valence-corrected chi connectivity index (χ1v) is 29.8. The van der Waals surface area contributed by atoms with Crippen LogP contribution in [0.5, 0.6) is 0 Å². The molecule has 0 amide bonds. The third-order valence-corrected chi connectivity index (χ3v) is 19.5. The molecule has 390 valence electrons. The van der Waals surface area contributed by atoms with Gasteiger partial charge in [0.15, 0.2) is 0 Å². The van der Waals surface area contributed by atoms with Gasteiger partial charge < -0.3 is 9.80 Å². The van der Waals surface area contributed by atoms with Crippen molar-refractivity contribution in [2.45, 2.75) is 124 Å². The molecule has 1 aromatic heterocycles. The summed E-state index contributed by atoms with van der Waals surface area (Å²) in [5.41, 5.74) is 31.2. The van der Waals surface area contributed by atoms with Crippen LogP contribution in [0.2, 0.25) is 0 Å². The Morgan fingerprint density at radius 3 is 1.54 bits per heavy atom. The van der Waals surface area contributed by atoms with Gasteiger partial charge in [0.1, 0.15) is 0 Å². The highest BCUT2D eigenvalue weighted by molar-refractivity contribution is 7.33. The van der Waals surface area contributed by atoms with Crippen LogP contribution in [0.1, 0.15) is 156 Å². The van der Waals surface area contributed by atoms with E-state index in [0.717, 1.165) is 0 Å². The van der Waals surface area contributed by atoms with Crippen molar-refractivity contribution >= 4 is 78.0 Å². The first-order valence-electron chi connectivity index (χ1n) is 29.0. The molecular weight excluding hydrogens is 972 g/mol. The normalized spacial score (nSPS) is 14.5. The molecule has 0 bridgehead atoms. The van der Waals surface area contributed by atoms with Crippen LogP contribution >= 0.6 is 11.3 Å². The summed E-state index contributed by atoms with van der Waals surface area (Å²) in [5.74, 6) is 1.25. The molecule has 4 aliphatic rings. The lowest BCUT2D eigenvalue weighted by Crippen LogP contribution is -2.60. The summed E-state index contributed by atoms with van der Waals surface area (Å²) in [6, 6.07) is 69.7. The Kier molecular flexibility index (Phi) is 11.1. The largest absolute Gasteiger partial charge is 0.311 e. The molecule has 0 saturated carbocycles. The predicted molar refractivity (Wildman–Crippen MR) is 342 cm³/mol. The van der Waals surface area contributed by atoms with Crippen LogP contribution in [0.25, 0.3) is 43.5 Å². The van der Waals surface area contributed by atoms with Crippen molar-refractivity contribution < 1.29 is 0 Å². The van der Waals surface area contributed by atoms with Gasteiger partial charge >= 0.3 is 0 Å². The van der Waals surface area contributed by atoms with Gasteiger partial charge in [0, 0.05) is 43.3 Å². The topological polar surface area (TPSA) is 6.48 Å². The van der Waals surface area contributed by atoms with Crippen LogP contribution in [0.15, 0.2) is 176 Å². The minimum atomic E-state index is -0.449. The fourth-order valence-corrected chi connectivity index (χ4v) is 15.8. The lowest BCUT2D eigenvalue weighted by atomic mass is 9.36. The van der Waals surface area contributed by atoms with Gasteiger partial charge in [-0.05, 0) is 190 Å². The third kappa shape index (κ3) is 7.22. The number of benzene rings is 9. The number of aryl methyl sites for hydroxylation is 1. The van der Waals surface area contributed by atoms with Gasteiger partial charge in [0.05, 0.1) is 11.1 Å². The molecule has 0 N–H and O–H groups in total. The summed E-state index contributed by atoms with van der Waals surface area (Å²) in [6.07, 6.45) is 0. The predicted octanol–water partition coefficient (Wildman–Crippen LogP) is 19.3. The number of nitrogens with zero attached hydrogens (tertiary/aromatic N) is 2. The molecule has 0 atom stereocenters. The molecule has 14 rings (SSSR count). The Labute approximate surface area is 473 Å². The Balaban J connectivity index is 1.09. The second-order valence-electron chi connectivity index (χ2n) is 26.3. The Hall–Kier alpha value is -7.40. The number of thiophene rings is 1. The molecule has 0 saturated heterocycles. The van der Waals surface area contributed by atoms with Crippen LogP contribution < -0.4 is 25.5 Å². The Morgan fingerprint density at radius 1 is 0.456 bits per heavy atom. The van der Waals surface area contributed by atoms with Gasteiger partial charge in [-0.3, -0.25) is 0 Å². The molecule has 4 heteroatoms. The van der Waals surface area contributed by atoms with E-state index >= 15 is 0 Å². The highest BCUT2D eigenvalue weighted by atomic mass is 32.1. The molecule has 0 fully saturated rings. The van der Waals surface area contributed by atoms with Gasteiger partial charge in [-0.1, -0.05) is 204 Å².